The highest BCUT2D eigenvalue weighted by molar-refractivity contribution is 6.04. The van der Waals surface area contributed by atoms with Crippen LogP contribution in [0.5, 0.6) is 5.75 Å². The summed E-state index contributed by atoms with van der Waals surface area (Å²) in [5.41, 5.74) is 1.99. The van der Waals surface area contributed by atoms with Gasteiger partial charge in [-0.2, -0.15) is 0 Å². The molecule has 0 aliphatic heterocycles. The molecule has 0 aliphatic rings. The third kappa shape index (κ3) is 5.34. The minimum absolute atomic E-state index is 0.199. The molecule has 5 nitrogen and oxygen atoms in total. The van der Waals surface area contributed by atoms with E-state index in [0.29, 0.717) is 30.0 Å². The molecule has 2 aromatic rings. The fraction of sp³-hybridized carbons (Fsp3) is 0.333. The Bertz CT molecular complexity index is 758. The molecule has 0 aromatic heterocycles. The number of para-hydroxylation sites is 1. The van der Waals surface area contributed by atoms with E-state index < -0.39 is 6.10 Å². The highest BCUT2D eigenvalue weighted by atomic mass is 16.5. The Labute approximate surface area is 154 Å². The Hall–Kier alpha value is -2.82. The van der Waals surface area contributed by atoms with E-state index in [-0.39, 0.29) is 11.8 Å². The second-order valence-corrected chi connectivity index (χ2v) is 6.12. The van der Waals surface area contributed by atoms with E-state index in [1.165, 1.54) is 0 Å². The summed E-state index contributed by atoms with van der Waals surface area (Å²) in [6.07, 6.45) is 0.732. The highest BCUT2D eigenvalue weighted by Crippen LogP contribution is 2.19. The van der Waals surface area contributed by atoms with E-state index >= 15 is 0 Å². The smallest absolute Gasteiger partial charge is 0.265 e. The second-order valence-electron chi connectivity index (χ2n) is 6.12. The van der Waals surface area contributed by atoms with E-state index in [9.17, 15) is 9.59 Å². The molecular formula is C21H26N2O3. The molecule has 0 aliphatic carbocycles. The Kier molecular flexibility index (Phi) is 7.21. The Balaban J connectivity index is 2.11. The SMILES string of the molecule is CCCNC(=O)c1ccccc1NC(=O)C(CC)Oc1cccc(C)c1. The standard InChI is InChI=1S/C21H26N2O3/c1-4-13-22-20(24)17-11-6-7-12-18(17)23-21(25)19(5-2)26-16-10-8-9-15(3)14-16/h6-12,14,19H,4-5,13H2,1-3H3,(H,22,24)(H,23,25). The van der Waals surface area contributed by atoms with Crippen LogP contribution in [-0.2, 0) is 4.79 Å². The molecule has 0 saturated heterocycles. The van der Waals surface area contributed by atoms with Gasteiger partial charge in [0.2, 0.25) is 0 Å². The van der Waals surface area contributed by atoms with Crippen molar-refractivity contribution < 1.29 is 14.3 Å². The summed E-state index contributed by atoms with van der Waals surface area (Å²) in [6, 6.07) is 14.6. The topological polar surface area (TPSA) is 67.4 Å². The van der Waals surface area contributed by atoms with Crippen LogP contribution in [0.4, 0.5) is 5.69 Å². The van der Waals surface area contributed by atoms with Crippen LogP contribution in [0.2, 0.25) is 0 Å². The van der Waals surface area contributed by atoms with Crippen molar-refractivity contribution in [3.05, 3.63) is 59.7 Å². The molecule has 1 unspecified atom stereocenters. The van der Waals surface area contributed by atoms with Gasteiger partial charge in [-0.05, 0) is 49.6 Å². The molecule has 0 heterocycles. The zero-order chi connectivity index (χ0) is 18.9. The number of hydrogen-bond acceptors (Lipinski definition) is 3. The molecule has 2 rings (SSSR count). The monoisotopic (exact) mass is 354 g/mol. The maximum atomic E-state index is 12.7. The number of nitrogens with one attached hydrogen (secondary N) is 2. The summed E-state index contributed by atoms with van der Waals surface area (Å²) >= 11 is 0. The van der Waals surface area contributed by atoms with Crippen LogP contribution in [-0.4, -0.2) is 24.5 Å². The van der Waals surface area contributed by atoms with Gasteiger partial charge >= 0.3 is 0 Å². The van der Waals surface area contributed by atoms with Gasteiger partial charge in [-0.3, -0.25) is 9.59 Å². The van der Waals surface area contributed by atoms with Crippen LogP contribution in [0, 0.1) is 6.92 Å². The Morgan fingerprint density at radius 1 is 1.08 bits per heavy atom. The summed E-state index contributed by atoms with van der Waals surface area (Å²) in [7, 11) is 0. The maximum Gasteiger partial charge on any atom is 0.265 e. The number of carbonyl (C=O) groups is 2. The van der Waals surface area contributed by atoms with Gasteiger partial charge in [0.25, 0.3) is 11.8 Å². The van der Waals surface area contributed by atoms with Gasteiger partial charge < -0.3 is 15.4 Å². The highest BCUT2D eigenvalue weighted by Gasteiger charge is 2.21. The Morgan fingerprint density at radius 2 is 1.85 bits per heavy atom. The first-order valence-corrected chi connectivity index (χ1v) is 8.96. The van der Waals surface area contributed by atoms with Crippen molar-refractivity contribution in [2.75, 3.05) is 11.9 Å². The van der Waals surface area contributed by atoms with Gasteiger partial charge in [-0.1, -0.05) is 38.1 Å². The van der Waals surface area contributed by atoms with Crippen LogP contribution in [0.15, 0.2) is 48.5 Å². The fourth-order valence-electron chi connectivity index (χ4n) is 2.51. The molecule has 138 valence electrons. The first-order valence-electron chi connectivity index (χ1n) is 8.96. The van der Waals surface area contributed by atoms with Gasteiger partial charge in [-0.15, -0.1) is 0 Å². The van der Waals surface area contributed by atoms with Gasteiger partial charge in [-0.25, -0.2) is 0 Å². The van der Waals surface area contributed by atoms with Crippen molar-refractivity contribution in [2.24, 2.45) is 0 Å². The number of hydrogen-bond donors (Lipinski definition) is 2. The van der Waals surface area contributed by atoms with E-state index in [1.807, 2.05) is 45.0 Å². The fourth-order valence-corrected chi connectivity index (χ4v) is 2.51. The third-order valence-corrected chi connectivity index (χ3v) is 3.90. The van der Waals surface area contributed by atoms with Gasteiger partial charge in [0, 0.05) is 6.54 Å². The van der Waals surface area contributed by atoms with Gasteiger partial charge in [0.1, 0.15) is 5.75 Å². The number of ether oxygens (including phenoxy) is 1. The number of rotatable bonds is 8. The van der Waals surface area contributed by atoms with Crippen LogP contribution >= 0.6 is 0 Å². The first kappa shape index (κ1) is 19.5. The van der Waals surface area contributed by atoms with Crippen LogP contribution in [0.25, 0.3) is 0 Å². The lowest BCUT2D eigenvalue weighted by molar-refractivity contribution is -0.122. The first-order chi connectivity index (χ1) is 12.5. The number of anilines is 1. The molecule has 0 saturated carbocycles. The summed E-state index contributed by atoms with van der Waals surface area (Å²) in [6.45, 7) is 6.44. The zero-order valence-corrected chi connectivity index (χ0v) is 15.5. The molecule has 2 N–H and O–H groups in total. The van der Waals surface area contributed by atoms with Crippen LogP contribution < -0.4 is 15.4 Å². The molecule has 0 bridgehead atoms. The molecule has 0 radical (unpaired) electrons. The molecule has 2 amide bonds. The summed E-state index contributed by atoms with van der Waals surface area (Å²) in [4.78, 5) is 24.9. The average Bonchev–Trinajstić information content (AvgIpc) is 2.64. The summed E-state index contributed by atoms with van der Waals surface area (Å²) in [5, 5.41) is 5.66. The molecule has 1 atom stereocenters. The lowest BCUT2D eigenvalue weighted by atomic mass is 10.1. The average molecular weight is 354 g/mol. The quantitative estimate of drug-likeness (QED) is 0.755. The number of benzene rings is 2. The molecule has 0 fully saturated rings. The van der Waals surface area contributed by atoms with Gasteiger partial charge in [0.05, 0.1) is 11.3 Å². The molecule has 0 spiro atoms. The lowest BCUT2D eigenvalue weighted by Crippen LogP contribution is -2.33. The molecule has 2 aromatic carbocycles. The molecule has 26 heavy (non-hydrogen) atoms. The van der Waals surface area contributed by atoms with Crippen LogP contribution in [0.1, 0.15) is 42.6 Å². The molecule has 5 heteroatoms. The lowest BCUT2D eigenvalue weighted by Gasteiger charge is -2.18. The molecular weight excluding hydrogens is 328 g/mol. The maximum absolute atomic E-state index is 12.7. The zero-order valence-electron chi connectivity index (χ0n) is 15.5. The van der Waals surface area contributed by atoms with Crippen LogP contribution in [0.3, 0.4) is 0 Å². The van der Waals surface area contributed by atoms with E-state index in [0.717, 1.165) is 12.0 Å². The predicted octanol–water partition coefficient (Wildman–Crippen LogP) is 3.93. The summed E-state index contributed by atoms with van der Waals surface area (Å²) in [5.74, 6) is 0.182. The minimum Gasteiger partial charge on any atom is -0.481 e. The number of amides is 2. The van der Waals surface area contributed by atoms with E-state index in [2.05, 4.69) is 10.6 Å². The van der Waals surface area contributed by atoms with Gasteiger partial charge in [0.15, 0.2) is 6.10 Å². The van der Waals surface area contributed by atoms with Crippen molar-refractivity contribution in [3.63, 3.8) is 0 Å². The minimum atomic E-state index is -0.636. The van der Waals surface area contributed by atoms with Crippen molar-refractivity contribution in [3.8, 4) is 5.75 Å². The second kappa shape index (κ2) is 9.61. The number of aryl methyl sites for hydroxylation is 1. The summed E-state index contributed by atoms with van der Waals surface area (Å²) < 4.78 is 5.83. The van der Waals surface area contributed by atoms with E-state index in [1.54, 1.807) is 24.3 Å². The van der Waals surface area contributed by atoms with Crippen molar-refractivity contribution in [2.45, 2.75) is 39.7 Å². The Morgan fingerprint density at radius 3 is 2.54 bits per heavy atom. The third-order valence-electron chi connectivity index (χ3n) is 3.90. The van der Waals surface area contributed by atoms with E-state index in [4.69, 9.17) is 4.74 Å². The largest absolute Gasteiger partial charge is 0.481 e. The normalized spacial score (nSPS) is 11.5. The van der Waals surface area contributed by atoms with Crippen molar-refractivity contribution in [1.29, 1.82) is 0 Å². The van der Waals surface area contributed by atoms with Crippen molar-refractivity contribution >= 4 is 17.5 Å². The predicted molar refractivity (Wildman–Crippen MR) is 104 cm³/mol. The number of carbonyl (C=O) groups excluding carboxylic acids is 2. The van der Waals surface area contributed by atoms with Crippen molar-refractivity contribution in [1.82, 2.24) is 5.32 Å².